The molecule has 0 radical (unpaired) electrons. The molecular formula is C11H15Br2NO2S. The van der Waals surface area contributed by atoms with Gasteiger partial charge in [-0.15, -0.1) is 0 Å². The summed E-state index contributed by atoms with van der Waals surface area (Å²) in [6.07, 6.45) is 0.909. The summed E-state index contributed by atoms with van der Waals surface area (Å²) >= 11 is 6.90. The second-order valence-electron chi connectivity index (χ2n) is 4.21. The molecule has 0 aromatic heterocycles. The summed E-state index contributed by atoms with van der Waals surface area (Å²) in [5.41, 5.74) is 0.866. The second-order valence-corrected chi connectivity index (χ2v) is 7.12. The van der Waals surface area contributed by atoms with E-state index in [1.165, 1.54) is 6.07 Å². The molecule has 0 heterocycles. The van der Waals surface area contributed by atoms with E-state index in [1.54, 1.807) is 12.1 Å². The number of hydrogen-bond acceptors (Lipinski definition) is 2. The largest absolute Gasteiger partial charge is 0.238 e. The molecule has 0 fully saturated rings. The molecule has 0 bridgehead atoms. The maximum atomic E-state index is 11.3. The van der Waals surface area contributed by atoms with Crippen LogP contribution in [0.4, 0.5) is 0 Å². The van der Waals surface area contributed by atoms with Gasteiger partial charge in [-0.25, -0.2) is 13.6 Å². The highest BCUT2D eigenvalue weighted by Gasteiger charge is 2.25. The van der Waals surface area contributed by atoms with Crippen LogP contribution in [-0.2, 0) is 15.4 Å². The van der Waals surface area contributed by atoms with E-state index in [0.29, 0.717) is 0 Å². The zero-order valence-corrected chi connectivity index (χ0v) is 13.5. The first-order chi connectivity index (χ1) is 7.83. The molecule has 1 aromatic carbocycles. The minimum Gasteiger partial charge on any atom is -0.225 e. The van der Waals surface area contributed by atoms with Gasteiger partial charge in [-0.1, -0.05) is 50.9 Å². The van der Waals surface area contributed by atoms with Gasteiger partial charge in [0.05, 0.1) is 4.90 Å². The molecule has 0 aliphatic carbocycles. The minimum absolute atomic E-state index is 0.107. The number of hydrogen-bond donors (Lipinski definition) is 1. The second kappa shape index (κ2) is 5.82. The smallest absolute Gasteiger partial charge is 0.225 e. The van der Waals surface area contributed by atoms with Crippen molar-refractivity contribution in [2.24, 2.45) is 5.14 Å². The quantitative estimate of drug-likeness (QED) is 0.793. The third-order valence-corrected chi connectivity index (χ3v) is 5.35. The normalized spacial score (nSPS) is 15.5. The highest BCUT2D eigenvalue weighted by molar-refractivity contribution is 9.09. The van der Waals surface area contributed by atoms with Gasteiger partial charge in [0, 0.05) is 16.1 Å². The van der Waals surface area contributed by atoms with Crippen molar-refractivity contribution in [1.82, 2.24) is 0 Å². The van der Waals surface area contributed by atoms with Crippen molar-refractivity contribution in [3.05, 3.63) is 29.8 Å². The molecule has 1 atom stereocenters. The molecule has 1 aromatic rings. The third-order valence-electron chi connectivity index (χ3n) is 2.80. The lowest BCUT2D eigenvalue weighted by Crippen LogP contribution is -2.25. The summed E-state index contributed by atoms with van der Waals surface area (Å²) in [4.78, 5) is 0.164. The maximum Gasteiger partial charge on any atom is 0.238 e. The number of nitrogens with two attached hydrogens (primary N) is 1. The lowest BCUT2D eigenvalue weighted by molar-refractivity contribution is 0.524. The Bertz CT molecular complexity index is 490. The van der Waals surface area contributed by atoms with Crippen LogP contribution < -0.4 is 5.14 Å². The Balaban J connectivity index is 3.23. The molecular weight excluding hydrogens is 370 g/mol. The lowest BCUT2D eigenvalue weighted by atomic mass is 9.82. The van der Waals surface area contributed by atoms with Gasteiger partial charge < -0.3 is 0 Å². The Kier molecular flexibility index (Phi) is 5.19. The fourth-order valence-electron chi connectivity index (χ4n) is 1.55. The first-order valence-corrected chi connectivity index (χ1v) is 8.88. The zero-order chi connectivity index (χ0) is 13.1. The Hall–Kier alpha value is 0.0900. The van der Waals surface area contributed by atoms with Crippen molar-refractivity contribution < 1.29 is 8.42 Å². The predicted molar refractivity (Wildman–Crippen MR) is 77.4 cm³/mol. The molecule has 6 heteroatoms. The van der Waals surface area contributed by atoms with Crippen LogP contribution in [0.1, 0.15) is 18.9 Å². The van der Waals surface area contributed by atoms with Gasteiger partial charge >= 0.3 is 0 Å². The molecule has 2 N–H and O–H groups in total. The lowest BCUT2D eigenvalue weighted by Gasteiger charge is -2.27. The van der Waals surface area contributed by atoms with Crippen LogP contribution in [0.15, 0.2) is 29.2 Å². The molecule has 3 nitrogen and oxygen atoms in total. The van der Waals surface area contributed by atoms with Crippen LogP contribution in [-0.4, -0.2) is 19.1 Å². The molecule has 0 amide bonds. The number of benzene rings is 1. The van der Waals surface area contributed by atoms with E-state index in [0.717, 1.165) is 22.6 Å². The average Bonchev–Trinajstić information content (AvgIpc) is 2.28. The molecule has 0 aliphatic heterocycles. The molecule has 0 spiro atoms. The van der Waals surface area contributed by atoms with Gasteiger partial charge in [0.1, 0.15) is 0 Å². The summed E-state index contributed by atoms with van der Waals surface area (Å²) in [5.74, 6) is 0. The average molecular weight is 385 g/mol. The topological polar surface area (TPSA) is 60.2 Å². The maximum absolute atomic E-state index is 11.3. The molecule has 0 saturated heterocycles. The summed E-state index contributed by atoms with van der Waals surface area (Å²) in [6.45, 7) is 2.09. The highest BCUT2D eigenvalue weighted by atomic mass is 79.9. The Labute approximate surface area is 119 Å². The van der Waals surface area contributed by atoms with Gasteiger partial charge in [-0.3, -0.25) is 0 Å². The van der Waals surface area contributed by atoms with Gasteiger partial charge in [-0.05, 0) is 24.1 Å². The van der Waals surface area contributed by atoms with E-state index in [9.17, 15) is 8.42 Å². The number of rotatable bonds is 5. The van der Waals surface area contributed by atoms with Gasteiger partial charge in [-0.2, -0.15) is 0 Å². The molecule has 17 heavy (non-hydrogen) atoms. The van der Waals surface area contributed by atoms with Gasteiger partial charge in [0.25, 0.3) is 0 Å². The van der Waals surface area contributed by atoms with E-state index >= 15 is 0 Å². The van der Waals surface area contributed by atoms with Gasteiger partial charge in [0.2, 0.25) is 10.0 Å². The van der Waals surface area contributed by atoms with E-state index in [1.807, 2.05) is 6.07 Å². The van der Waals surface area contributed by atoms with Crippen molar-refractivity contribution in [3.8, 4) is 0 Å². The van der Waals surface area contributed by atoms with Crippen LogP contribution in [0.2, 0.25) is 0 Å². The molecule has 96 valence electrons. The Morgan fingerprint density at radius 2 is 2.00 bits per heavy atom. The summed E-state index contributed by atoms with van der Waals surface area (Å²) < 4.78 is 22.6. The van der Waals surface area contributed by atoms with Crippen molar-refractivity contribution >= 4 is 41.9 Å². The van der Waals surface area contributed by atoms with Crippen LogP contribution in [0.5, 0.6) is 0 Å². The molecule has 0 saturated carbocycles. The first kappa shape index (κ1) is 15.1. The van der Waals surface area contributed by atoms with Crippen molar-refractivity contribution in [2.45, 2.75) is 23.7 Å². The third kappa shape index (κ3) is 3.77. The molecule has 1 unspecified atom stereocenters. The first-order valence-electron chi connectivity index (χ1n) is 5.09. The van der Waals surface area contributed by atoms with E-state index in [4.69, 9.17) is 5.14 Å². The van der Waals surface area contributed by atoms with E-state index < -0.39 is 10.0 Å². The summed E-state index contributed by atoms with van der Waals surface area (Å²) in [7, 11) is -3.64. The summed E-state index contributed by atoms with van der Waals surface area (Å²) in [6, 6.07) is 6.82. The fraction of sp³-hybridized carbons (Fsp3) is 0.455. The Morgan fingerprint density at radius 3 is 2.47 bits per heavy atom. The number of alkyl halides is 2. The van der Waals surface area contributed by atoms with E-state index in [-0.39, 0.29) is 10.3 Å². The number of primary sulfonamides is 1. The highest BCUT2D eigenvalue weighted by Crippen LogP contribution is 2.31. The van der Waals surface area contributed by atoms with Crippen LogP contribution in [0.25, 0.3) is 0 Å². The van der Waals surface area contributed by atoms with E-state index in [2.05, 4.69) is 38.8 Å². The predicted octanol–water partition coefficient (Wildman–Crippen LogP) is 2.77. The standard InChI is InChI=1S/C11H15Br2NO2S/c1-11(8-13,5-6-12)9-3-2-4-10(7-9)17(14,15)16/h2-4,7H,5-6,8H2,1H3,(H2,14,15,16). The van der Waals surface area contributed by atoms with Crippen LogP contribution >= 0.6 is 31.9 Å². The SMILES string of the molecule is CC(CBr)(CCBr)c1cccc(S(N)(=O)=O)c1. The minimum atomic E-state index is -3.64. The fourth-order valence-corrected chi connectivity index (χ4v) is 3.58. The summed E-state index contributed by atoms with van der Waals surface area (Å²) in [5, 5.41) is 6.76. The Morgan fingerprint density at radius 1 is 1.35 bits per heavy atom. The van der Waals surface area contributed by atoms with Crippen LogP contribution in [0.3, 0.4) is 0 Å². The van der Waals surface area contributed by atoms with Gasteiger partial charge in [0.15, 0.2) is 0 Å². The van der Waals surface area contributed by atoms with Crippen molar-refractivity contribution in [2.75, 3.05) is 10.7 Å². The number of sulfonamides is 1. The monoisotopic (exact) mass is 383 g/mol. The molecule has 0 aliphatic rings. The van der Waals surface area contributed by atoms with Crippen molar-refractivity contribution in [3.63, 3.8) is 0 Å². The zero-order valence-electron chi connectivity index (χ0n) is 9.49. The number of halogens is 2. The molecule has 1 rings (SSSR count). The van der Waals surface area contributed by atoms with Crippen LogP contribution in [0, 0.1) is 0 Å². The van der Waals surface area contributed by atoms with Crippen molar-refractivity contribution in [1.29, 1.82) is 0 Å².